The van der Waals surface area contributed by atoms with E-state index < -0.39 is 12.0 Å². The number of carbonyl (C=O) groups excluding carboxylic acids is 1. The molecule has 1 rings (SSSR count). The molecule has 0 spiro atoms. The number of amides is 1. The van der Waals surface area contributed by atoms with Crippen molar-refractivity contribution in [2.45, 2.75) is 38.3 Å². The van der Waals surface area contributed by atoms with E-state index in [1.807, 2.05) is 13.8 Å². The molecule has 14 heavy (non-hydrogen) atoms. The predicted molar refractivity (Wildman–Crippen MR) is 49.3 cm³/mol. The minimum Gasteiger partial charge on any atom is -0.353 e. The highest BCUT2D eigenvalue weighted by Crippen LogP contribution is 2.30. The van der Waals surface area contributed by atoms with E-state index >= 15 is 0 Å². The summed E-state index contributed by atoms with van der Waals surface area (Å²) >= 11 is 0. The third kappa shape index (κ3) is 2.64. The van der Waals surface area contributed by atoms with E-state index in [4.69, 9.17) is 0 Å². The Kier molecular flexibility index (Phi) is 3.09. The lowest BCUT2D eigenvalue weighted by Gasteiger charge is -2.19. The molecule has 0 aromatic rings. The molecule has 1 saturated heterocycles. The van der Waals surface area contributed by atoms with Crippen LogP contribution in [0, 0.1) is 0 Å². The smallest absolute Gasteiger partial charge is 0.262 e. The van der Waals surface area contributed by atoms with Gasteiger partial charge in [0.1, 0.15) is 0 Å². The Balaban J connectivity index is 2.57. The lowest BCUT2D eigenvalue weighted by atomic mass is 10.1. The molecule has 3 nitrogen and oxygen atoms in total. The Morgan fingerprint density at radius 3 is 2.50 bits per heavy atom. The molecule has 1 atom stereocenters. The predicted octanol–water partition coefficient (Wildman–Crippen LogP) is 0.850. The molecular formula is C9H16F2N2O. The Morgan fingerprint density at radius 1 is 1.57 bits per heavy atom. The van der Waals surface area contributed by atoms with Gasteiger partial charge in [-0.25, -0.2) is 8.78 Å². The van der Waals surface area contributed by atoms with Crippen LogP contribution in [0.4, 0.5) is 8.78 Å². The van der Waals surface area contributed by atoms with Crippen molar-refractivity contribution in [2.24, 2.45) is 0 Å². The van der Waals surface area contributed by atoms with Gasteiger partial charge in [-0.1, -0.05) is 0 Å². The monoisotopic (exact) mass is 206 g/mol. The first-order chi connectivity index (χ1) is 6.32. The summed E-state index contributed by atoms with van der Waals surface area (Å²) in [5.41, 5.74) is 0. The topological polar surface area (TPSA) is 32.3 Å². The highest BCUT2D eigenvalue weighted by atomic mass is 19.3. The first-order valence-corrected chi connectivity index (χ1v) is 4.70. The minimum atomic E-state index is -2.73. The Labute approximate surface area is 82.5 Å². The van der Waals surface area contributed by atoms with Gasteiger partial charge in [-0.05, 0) is 20.9 Å². The number of halogens is 2. The molecule has 0 bridgehead atoms. The molecule has 5 heteroatoms. The second-order valence-corrected chi connectivity index (χ2v) is 4.15. The quantitative estimate of drug-likeness (QED) is 0.726. The summed E-state index contributed by atoms with van der Waals surface area (Å²) in [7, 11) is 1.55. The van der Waals surface area contributed by atoms with Crippen molar-refractivity contribution in [3.05, 3.63) is 0 Å². The third-order valence-corrected chi connectivity index (χ3v) is 2.24. The van der Waals surface area contributed by atoms with E-state index in [1.54, 1.807) is 7.05 Å². The Hall–Kier alpha value is -0.710. The van der Waals surface area contributed by atoms with E-state index in [1.165, 1.54) is 4.90 Å². The second kappa shape index (κ2) is 3.81. The van der Waals surface area contributed by atoms with Crippen LogP contribution in [0.25, 0.3) is 0 Å². The van der Waals surface area contributed by atoms with Gasteiger partial charge in [0.15, 0.2) is 0 Å². The SMILES string of the molecule is CC(C)NC(=O)C1CC(F)(F)CN1C. The van der Waals surface area contributed by atoms with Crippen LogP contribution >= 0.6 is 0 Å². The number of rotatable bonds is 2. The number of hydrogen-bond donors (Lipinski definition) is 1. The number of nitrogens with one attached hydrogen (secondary N) is 1. The molecule has 1 amide bonds. The van der Waals surface area contributed by atoms with Gasteiger partial charge < -0.3 is 5.32 Å². The van der Waals surface area contributed by atoms with E-state index in [-0.39, 0.29) is 24.9 Å². The summed E-state index contributed by atoms with van der Waals surface area (Å²) in [5.74, 6) is -3.03. The molecular weight excluding hydrogens is 190 g/mol. The third-order valence-electron chi connectivity index (χ3n) is 2.24. The zero-order chi connectivity index (χ0) is 10.9. The molecule has 0 aromatic carbocycles. The van der Waals surface area contributed by atoms with Crippen LogP contribution in [0.3, 0.4) is 0 Å². The van der Waals surface area contributed by atoms with Gasteiger partial charge in [-0.2, -0.15) is 0 Å². The van der Waals surface area contributed by atoms with Crippen LogP contribution < -0.4 is 5.32 Å². The van der Waals surface area contributed by atoms with E-state index in [0.29, 0.717) is 0 Å². The maximum atomic E-state index is 12.9. The summed E-state index contributed by atoms with van der Waals surface area (Å²) in [6.45, 7) is 3.29. The van der Waals surface area contributed by atoms with Gasteiger partial charge in [-0.3, -0.25) is 9.69 Å². The lowest BCUT2D eigenvalue weighted by Crippen LogP contribution is -2.43. The minimum absolute atomic E-state index is 0.00915. The van der Waals surface area contributed by atoms with Crippen molar-refractivity contribution >= 4 is 5.91 Å². The molecule has 0 aromatic heterocycles. The first-order valence-electron chi connectivity index (χ1n) is 4.70. The van der Waals surface area contributed by atoms with E-state index in [9.17, 15) is 13.6 Å². The van der Waals surface area contributed by atoms with Crippen LogP contribution in [0.5, 0.6) is 0 Å². The van der Waals surface area contributed by atoms with Gasteiger partial charge in [0.05, 0.1) is 12.6 Å². The fourth-order valence-corrected chi connectivity index (χ4v) is 1.65. The molecule has 1 fully saturated rings. The molecule has 1 heterocycles. The standard InChI is InChI=1S/C9H16F2N2O/c1-6(2)12-8(14)7-4-9(10,11)5-13(7)3/h6-7H,4-5H2,1-3H3,(H,12,14). The zero-order valence-corrected chi connectivity index (χ0v) is 8.68. The highest BCUT2D eigenvalue weighted by Gasteiger charge is 2.46. The van der Waals surface area contributed by atoms with Crippen molar-refractivity contribution < 1.29 is 13.6 Å². The molecule has 1 aliphatic rings. The molecule has 82 valence electrons. The molecule has 0 radical (unpaired) electrons. The van der Waals surface area contributed by atoms with Crippen LogP contribution in [0.15, 0.2) is 0 Å². The van der Waals surface area contributed by atoms with Crippen LogP contribution in [-0.2, 0) is 4.79 Å². The van der Waals surface area contributed by atoms with Gasteiger partial charge in [0, 0.05) is 12.5 Å². The van der Waals surface area contributed by atoms with Crippen molar-refractivity contribution in [1.29, 1.82) is 0 Å². The second-order valence-electron chi connectivity index (χ2n) is 4.15. The number of carbonyl (C=O) groups is 1. The van der Waals surface area contributed by atoms with Gasteiger partial charge in [0.25, 0.3) is 5.92 Å². The molecule has 0 saturated carbocycles. The highest BCUT2D eigenvalue weighted by molar-refractivity contribution is 5.82. The zero-order valence-electron chi connectivity index (χ0n) is 8.68. The molecule has 0 aliphatic carbocycles. The number of hydrogen-bond acceptors (Lipinski definition) is 2. The van der Waals surface area contributed by atoms with Crippen LogP contribution in [-0.4, -0.2) is 42.4 Å². The Morgan fingerprint density at radius 2 is 2.14 bits per heavy atom. The lowest BCUT2D eigenvalue weighted by molar-refractivity contribution is -0.125. The van der Waals surface area contributed by atoms with Gasteiger partial charge in [-0.15, -0.1) is 0 Å². The number of nitrogens with zero attached hydrogens (tertiary/aromatic N) is 1. The van der Waals surface area contributed by atoms with Crippen molar-refractivity contribution in [3.63, 3.8) is 0 Å². The molecule has 1 aliphatic heterocycles. The van der Waals surface area contributed by atoms with E-state index in [0.717, 1.165) is 0 Å². The molecule has 1 unspecified atom stereocenters. The fraction of sp³-hybridized carbons (Fsp3) is 0.889. The van der Waals surface area contributed by atoms with Crippen molar-refractivity contribution in [2.75, 3.05) is 13.6 Å². The van der Waals surface area contributed by atoms with Gasteiger partial charge >= 0.3 is 0 Å². The normalized spacial score (nSPS) is 26.9. The average Bonchev–Trinajstić information content (AvgIpc) is 2.23. The number of likely N-dealkylation sites (tertiary alicyclic amines) is 1. The van der Waals surface area contributed by atoms with E-state index in [2.05, 4.69) is 5.32 Å². The number of likely N-dealkylation sites (N-methyl/N-ethyl adjacent to an activating group) is 1. The Bertz CT molecular complexity index is 231. The summed E-state index contributed by atoms with van der Waals surface area (Å²) in [5, 5.41) is 2.64. The summed E-state index contributed by atoms with van der Waals surface area (Å²) in [6, 6.07) is -0.697. The largest absolute Gasteiger partial charge is 0.353 e. The molecule has 1 N–H and O–H groups in total. The summed E-state index contributed by atoms with van der Waals surface area (Å²) < 4.78 is 25.8. The summed E-state index contributed by atoms with van der Waals surface area (Å²) in [6.07, 6.45) is -0.373. The van der Waals surface area contributed by atoms with Crippen molar-refractivity contribution in [3.8, 4) is 0 Å². The van der Waals surface area contributed by atoms with Crippen molar-refractivity contribution in [1.82, 2.24) is 10.2 Å². The van der Waals surface area contributed by atoms with Gasteiger partial charge in [0.2, 0.25) is 5.91 Å². The maximum Gasteiger partial charge on any atom is 0.262 e. The maximum absolute atomic E-state index is 12.9. The number of alkyl halides is 2. The van der Waals surface area contributed by atoms with Crippen LogP contribution in [0.1, 0.15) is 20.3 Å². The van der Waals surface area contributed by atoms with Crippen LogP contribution in [0.2, 0.25) is 0 Å². The fourth-order valence-electron chi connectivity index (χ4n) is 1.65. The summed E-state index contributed by atoms with van der Waals surface area (Å²) in [4.78, 5) is 12.9. The first kappa shape index (κ1) is 11.4. The average molecular weight is 206 g/mol.